The standard InChI is InChI=1S/C27H32N2O5/c1-17(2)22(24(30)29-14-8-13-27(29,3)25(31)32)15-28-26(33)34-16-23-20-11-6-4-9-18(20)19-10-5-7-12-21(19)23/h4-7,9-12,17,22-23H,8,13-16H2,1-3H3,(H,28,33)(H,31,32). The molecule has 1 aliphatic carbocycles. The van der Waals surface area contributed by atoms with E-state index in [1.807, 2.05) is 38.1 Å². The van der Waals surface area contributed by atoms with Crippen LogP contribution in [0.1, 0.15) is 50.7 Å². The van der Waals surface area contributed by atoms with Gasteiger partial charge in [0.05, 0.1) is 5.92 Å². The predicted octanol–water partition coefficient (Wildman–Crippen LogP) is 4.26. The van der Waals surface area contributed by atoms with E-state index in [1.165, 1.54) is 4.90 Å². The van der Waals surface area contributed by atoms with Crippen LogP contribution in [0.4, 0.5) is 4.79 Å². The number of alkyl carbamates (subject to hydrolysis) is 1. The molecular formula is C27H32N2O5. The number of benzene rings is 2. The summed E-state index contributed by atoms with van der Waals surface area (Å²) in [4.78, 5) is 39.1. The average Bonchev–Trinajstić information content (AvgIpc) is 3.36. The third-order valence-electron chi connectivity index (χ3n) is 7.30. The Bertz CT molecular complexity index is 1050. The summed E-state index contributed by atoms with van der Waals surface area (Å²) in [6, 6.07) is 16.3. The molecule has 2 aromatic rings. The van der Waals surface area contributed by atoms with Crippen molar-refractivity contribution >= 4 is 18.0 Å². The molecular weight excluding hydrogens is 432 g/mol. The zero-order chi connectivity index (χ0) is 24.5. The average molecular weight is 465 g/mol. The molecule has 0 aromatic heterocycles. The summed E-state index contributed by atoms with van der Waals surface area (Å²) in [5, 5.41) is 12.4. The molecule has 2 N–H and O–H groups in total. The number of nitrogens with zero attached hydrogens (tertiary/aromatic N) is 1. The van der Waals surface area contributed by atoms with E-state index in [0.29, 0.717) is 19.4 Å². The molecule has 1 aliphatic heterocycles. The van der Waals surface area contributed by atoms with Crippen LogP contribution in [0.2, 0.25) is 0 Å². The maximum Gasteiger partial charge on any atom is 0.407 e. The predicted molar refractivity (Wildman–Crippen MR) is 128 cm³/mol. The van der Waals surface area contributed by atoms with E-state index in [9.17, 15) is 19.5 Å². The van der Waals surface area contributed by atoms with Gasteiger partial charge in [0.15, 0.2) is 0 Å². The zero-order valence-corrected chi connectivity index (χ0v) is 19.9. The lowest BCUT2D eigenvalue weighted by atomic mass is 9.91. The molecule has 1 heterocycles. The largest absolute Gasteiger partial charge is 0.480 e. The van der Waals surface area contributed by atoms with Crippen LogP contribution in [0.3, 0.4) is 0 Å². The summed E-state index contributed by atoms with van der Waals surface area (Å²) in [6.45, 7) is 6.10. The summed E-state index contributed by atoms with van der Waals surface area (Å²) in [5.74, 6) is -1.87. The summed E-state index contributed by atoms with van der Waals surface area (Å²) in [6.07, 6.45) is 0.500. The van der Waals surface area contributed by atoms with Crippen LogP contribution in [0.5, 0.6) is 0 Å². The quantitative estimate of drug-likeness (QED) is 0.638. The third kappa shape index (κ3) is 4.27. The summed E-state index contributed by atoms with van der Waals surface area (Å²) < 4.78 is 5.59. The fourth-order valence-corrected chi connectivity index (χ4v) is 5.19. The number of carboxylic acid groups (broad SMARTS) is 1. The number of nitrogens with one attached hydrogen (secondary N) is 1. The van der Waals surface area contributed by atoms with Crippen LogP contribution >= 0.6 is 0 Å². The number of amides is 2. The van der Waals surface area contributed by atoms with Gasteiger partial charge in [0.1, 0.15) is 12.1 Å². The molecule has 2 amide bonds. The number of hydrogen-bond acceptors (Lipinski definition) is 4. The molecule has 7 heteroatoms. The van der Waals surface area contributed by atoms with Gasteiger partial charge in [0.2, 0.25) is 5.91 Å². The Morgan fingerprint density at radius 3 is 2.24 bits per heavy atom. The van der Waals surface area contributed by atoms with E-state index >= 15 is 0 Å². The Kier molecular flexibility index (Phi) is 6.64. The smallest absolute Gasteiger partial charge is 0.407 e. The van der Waals surface area contributed by atoms with Crippen molar-refractivity contribution in [1.29, 1.82) is 0 Å². The molecule has 0 radical (unpaired) electrons. The highest BCUT2D eigenvalue weighted by molar-refractivity contribution is 5.89. The monoisotopic (exact) mass is 464 g/mol. The number of carboxylic acids is 1. The molecule has 2 atom stereocenters. The van der Waals surface area contributed by atoms with Gasteiger partial charge in [-0.25, -0.2) is 9.59 Å². The van der Waals surface area contributed by atoms with Crippen molar-refractivity contribution in [2.75, 3.05) is 19.7 Å². The third-order valence-corrected chi connectivity index (χ3v) is 7.30. The summed E-state index contributed by atoms with van der Waals surface area (Å²) >= 11 is 0. The molecule has 7 nitrogen and oxygen atoms in total. The molecule has 0 saturated carbocycles. The maximum absolute atomic E-state index is 13.2. The highest BCUT2D eigenvalue weighted by Gasteiger charge is 2.47. The van der Waals surface area contributed by atoms with E-state index in [2.05, 4.69) is 29.6 Å². The van der Waals surface area contributed by atoms with Gasteiger partial charge in [-0.3, -0.25) is 4.79 Å². The van der Waals surface area contributed by atoms with Gasteiger partial charge in [0.25, 0.3) is 0 Å². The lowest BCUT2D eigenvalue weighted by Gasteiger charge is -2.35. The molecule has 0 spiro atoms. The van der Waals surface area contributed by atoms with Gasteiger partial charge in [-0.1, -0.05) is 62.4 Å². The van der Waals surface area contributed by atoms with Crippen molar-refractivity contribution < 1.29 is 24.2 Å². The van der Waals surface area contributed by atoms with Crippen molar-refractivity contribution in [3.05, 3.63) is 59.7 Å². The normalized spacial score (nSPS) is 20.1. The number of likely N-dealkylation sites (tertiary alicyclic amines) is 1. The highest BCUT2D eigenvalue weighted by Crippen LogP contribution is 2.44. The first-order valence-electron chi connectivity index (χ1n) is 11.9. The highest BCUT2D eigenvalue weighted by atomic mass is 16.5. The molecule has 0 bridgehead atoms. The second-order valence-electron chi connectivity index (χ2n) is 9.73. The van der Waals surface area contributed by atoms with E-state index in [1.54, 1.807) is 6.92 Å². The number of rotatable bonds is 7. The Balaban J connectivity index is 1.39. The fraction of sp³-hybridized carbons (Fsp3) is 0.444. The van der Waals surface area contributed by atoms with Crippen LogP contribution < -0.4 is 5.32 Å². The van der Waals surface area contributed by atoms with E-state index < -0.39 is 23.5 Å². The number of fused-ring (bicyclic) bond motifs is 3. The molecule has 1 saturated heterocycles. The van der Waals surface area contributed by atoms with Crippen LogP contribution in [-0.2, 0) is 14.3 Å². The van der Waals surface area contributed by atoms with Crippen molar-refractivity contribution in [1.82, 2.24) is 10.2 Å². The first kappa shape index (κ1) is 23.8. The van der Waals surface area contributed by atoms with Gasteiger partial charge in [0, 0.05) is 19.0 Å². The van der Waals surface area contributed by atoms with E-state index in [0.717, 1.165) is 22.3 Å². The summed E-state index contributed by atoms with van der Waals surface area (Å²) in [7, 11) is 0. The van der Waals surface area contributed by atoms with Gasteiger partial charge >= 0.3 is 12.1 Å². The Labute approximate surface area is 200 Å². The minimum Gasteiger partial charge on any atom is -0.480 e. The second kappa shape index (κ2) is 9.49. The van der Waals surface area contributed by atoms with Crippen molar-refractivity contribution in [2.45, 2.75) is 45.1 Å². The van der Waals surface area contributed by atoms with Crippen LogP contribution in [0.25, 0.3) is 11.1 Å². The molecule has 180 valence electrons. The van der Waals surface area contributed by atoms with Crippen LogP contribution in [-0.4, -0.2) is 53.2 Å². The number of hydrogen-bond donors (Lipinski definition) is 2. The lowest BCUT2D eigenvalue weighted by molar-refractivity contribution is -0.157. The number of aliphatic carboxylic acids is 1. The minimum absolute atomic E-state index is 0.0402. The number of carbonyl (C=O) groups is 3. The topological polar surface area (TPSA) is 95.9 Å². The number of carbonyl (C=O) groups excluding carboxylic acids is 2. The molecule has 2 aromatic carbocycles. The van der Waals surface area contributed by atoms with Crippen molar-refractivity contribution in [3.8, 4) is 11.1 Å². The first-order chi connectivity index (χ1) is 16.2. The van der Waals surface area contributed by atoms with E-state index in [4.69, 9.17) is 4.74 Å². The minimum atomic E-state index is -1.20. The lowest BCUT2D eigenvalue weighted by Crippen LogP contribution is -2.54. The molecule has 2 unspecified atom stereocenters. The molecule has 4 rings (SSSR count). The molecule has 2 aliphatic rings. The van der Waals surface area contributed by atoms with Crippen LogP contribution in [0, 0.1) is 11.8 Å². The zero-order valence-electron chi connectivity index (χ0n) is 19.9. The van der Waals surface area contributed by atoms with Gasteiger partial charge in [-0.2, -0.15) is 0 Å². The van der Waals surface area contributed by atoms with Crippen molar-refractivity contribution in [3.63, 3.8) is 0 Å². The Hall–Kier alpha value is -3.35. The van der Waals surface area contributed by atoms with Crippen molar-refractivity contribution in [2.24, 2.45) is 11.8 Å². The SMILES string of the molecule is CC(C)C(CNC(=O)OCC1c2ccccc2-c2ccccc21)C(=O)N1CCCC1(C)C(=O)O. The number of ether oxygens (including phenoxy) is 1. The Morgan fingerprint density at radius 2 is 1.68 bits per heavy atom. The second-order valence-corrected chi connectivity index (χ2v) is 9.73. The van der Waals surface area contributed by atoms with E-state index in [-0.39, 0.29) is 30.9 Å². The van der Waals surface area contributed by atoms with Crippen LogP contribution in [0.15, 0.2) is 48.5 Å². The Morgan fingerprint density at radius 1 is 1.09 bits per heavy atom. The maximum atomic E-state index is 13.2. The fourth-order valence-electron chi connectivity index (χ4n) is 5.19. The molecule has 1 fully saturated rings. The van der Waals surface area contributed by atoms with Gasteiger partial charge in [-0.05, 0) is 47.9 Å². The first-order valence-corrected chi connectivity index (χ1v) is 11.9. The summed E-state index contributed by atoms with van der Waals surface area (Å²) in [5.41, 5.74) is 3.38. The van der Waals surface area contributed by atoms with Gasteiger partial charge < -0.3 is 20.1 Å². The van der Waals surface area contributed by atoms with Gasteiger partial charge in [-0.15, -0.1) is 0 Å². The molecule has 34 heavy (non-hydrogen) atoms.